The fourth-order valence-electron chi connectivity index (χ4n) is 2.46. The lowest BCUT2D eigenvalue weighted by Crippen LogP contribution is -2.24. The van der Waals surface area contributed by atoms with E-state index in [0.29, 0.717) is 27.7 Å². The highest BCUT2D eigenvalue weighted by Crippen LogP contribution is 2.35. The number of benzene rings is 2. The van der Waals surface area contributed by atoms with Crippen LogP contribution in [0, 0.1) is 0 Å². The Kier molecular flexibility index (Phi) is 5.81. The molecule has 7 heteroatoms. The number of amides is 2. The lowest BCUT2D eigenvalue weighted by molar-refractivity contribution is 0.0953. The summed E-state index contributed by atoms with van der Waals surface area (Å²) in [5.74, 6) is -0.544. The molecule has 0 aliphatic carbocycles. The van der Waals surface area contributed by atoms with Crippen LogP contribution in [-0.2, 0) is 0 Å². The van der Waals surface area contributed by atoms with Gasteiger partial charge in [-0.05, 0) is 30.7 Å². The molecule has 0 spiro atoms. The molecule has 2 amide bonds. The van der Waals surface area contributed by atoms with Crippen molar-refractivity contribution in [3.63, 3.8) is 0 Å². The molecule has 3 rings (SSSR count). The number of carbonyl (C=O) groups is 2. The van der Waals surface area contributed by atoms with E-state index >= 15 is 0 Å². The first-order chi connectivity index (χ1) is 12.5. The molecular weight excluding hydrogens is 391 g/mol. The molecule has 0 aliphatic heterocycles. The molecule has 0 unspecified atom stereocenters. The quantitative estimate of drug-likeness (QED) is 0.579. The van der Waals surface area contributed by atoms with Crippen LogP contribution in [0.4, 0.5) is 5.69 Å². The highest BCUT2D eigenvalue weighted by atomic mass is 35.5. The van der Waals surface area contributed by atoms with Crippen LogP contribution >= 0.6 is 34.5 Å². The fourth-order valence-corrected chi connectivity index (χ4v) is 4.14. The van der Waals surface area contributed by atoms with Gasteiger partial charge in [-0.3, -0.25) is 9.59 Å². The number of thiophene rings is 1. The van der Waals surface area contributed by atoms with Crippen molar-refractivity contribution in [2.24, 2.45) is 0 Å². The summed E-state index contributed by atoms with van der Waals surface area (Å²) in [6, 6.07) is 12.4. The lowest BCUT2D eigenvalue weighted by Gasteiger charge is -2.09. The maximum atomic E-state index is 12.6. The predicted molar refractivity (Wildman–Crippen MR) is 109 cm³/mol. The van der Waals surface area contributed by atoms with Crippen molar-refractivity contribution in [1.29, 1.82) is 0 Å². The summed E-state index contributed by atoms with van der Waals surface area (Å²) in [4.78, 5) is 25.0. The average molecular weight is 407 g/mol. The van der Waals surface area contributed by atoms with Crippen LogP contribution in [-0.4, -0.2) is 18.4 Å². The van der Waals surface area contributed by atoms with E-state index in [9.17, 15) is 9.59 Å². The number of anilines is 1. The summed E-state index contributed by atoms with van der Waals surface area (Å²) < 4.78 is 0.948. The summed E-state index contributed by atoms with van der Waals surface area (Å²) in [5.41, 5.74) is 0.874. The third-order valence-corrected chi connectivity index (χ3v) is 5.74. The molecule has 4 nitrogen and oxygen atoms in total. The zero-order valence-corrected chi connectivity index (χ0v) is 16.3. The molecule has 0 aliphatic rings. The fraction of sp³-hybridized carbons (Fsp3) is 0.158. The molecular formula is C19H16Cl2N2O2S. The van der Waals surface area contributed by atoms with Gasteiger partial charge in [-0.15, -0.1) is 11.3 Å². The Morgan fingerprint density at radius 1 is 1.08 bits per heavy atom. The Labute approximate surface area is 165 Å². The van der Waals surface area contributed by atoms with Gasteiger partial charge in [0.1, 0.15) is 4.88 Å². The minimum absolute atomic E-state index is 0.234. The van der Waals surface area contributed by atoms with Crippen molar-refractivity contribution in [3.8, 4) is 0 Å². The van der Waals surface area contributed by atoms with Crippen LogP contribution in [0.2, 0.25) is 10.0 Å². The molecule has 0 saturated carbocycles. The Morgan fingerprint density at radius 2 is 1.85 bits per heavy atom. The minimum Gasteiger partial charge on any atom is -0.352 e. The van der Waals surface area contributed by atoms with Gasteiger partial charge in [-0.1, -0.05) is 48.3 Å². The van der Waals surface area contributed by atoms with E-state index in [-0.39, 0.29) is 16.8 Å². The van der Waals surface area contributed by atoms with Crippen molar-refractivity contribution in [3.05, 3.63) is 63.0 Å². The molecule has 1 aromatic heterocycles. The highest BCUT2D eigenvalue weighted by Gasteiger charge is 2.18. The minimum atomic E-state index is -0.310. The molecule has 2 N–H and O–H groups in total. The molecule has 0 radical (unpaired) electrons. The smallest absolute Gasteiger partial charge is 0.267 e. The molecule has 134 valence electrons. The first-order valence-corrected chi connectivity index (χ1v) is 9.64. The third kappa shape index (κ3) is 3.85. The van der Waals surface area contributed by atoms with Gasteiger partial charge in [0.2, 0.25) is 0 Å². The standard InChI is InChI=1S/C19H16Cl2N2O2S/c1-2-9-22-18(24)12-8-7-11(10-14(12)20)23-19(25)17-16(21)13-5-3-4-6-15(13)26-17/h3-8,10H,2,9H2,1H3,(H,22,24)(H,23,25). The van der Waals surface area contributed by atoms with Gasteiger partial charge < -0.3 is 10.6 Å². The Bertz CT molecular complexity index is 985. The molecule has 0 atom stereocenters. The number of halogens is 2. The molecule has 26 heavy (non-hydrogen) atoms. The largest absolute Gasteiger partial charge is 0.352 e. The third-order valence-electron chi connectivity index (χ3n) is 3.75. The second-order valence-corrected chi connectivity index (χ2v) is 7.48. The highest BCUT2D eigenvalue weighted by molar-refractivity contribution is 7.21. The van der Waals surface area contributed by atoms with E-state index in [1.54, 1.807) is 18.2 Å². The summed E-state index contributed by atoms with van der Waals surface area (Å²) in [5, 5.41) is 7.12. The van der Waals surface area contributed by atoms with Crippen LogP contribution in [0.25, 0.3) is 10.1 Å². The molecule has 2 aromatic carbocycles. The first kappa shape index (κ1) is 18.7. The number of hydrogen-bond acceptors (Lipinski definition) is 3. The van der Waals surface area contributed by atoms with Crippen molar-refractivity contribution < 1.29 is 9.59 Å². The SMILES string of the molecule is CCCNC(=O)c1ccc(NC(=O)c2sc3ccccc3c2Cl)cc1Cl. The topological polar surface area (TPSA) is 58.2 Å². The van der Waals surface area contributed by atoms with Gasteiger partial charge in [0.05, 0.1) is 15.6 Å². The normalized spacial score (nSPS) is 10.7. The first-order valence-electron chi connectivity index (χ1n) is 8.07. The summed E-state index contributed by atoms with van der Waals surface area (Å²) in [6.45, 7) is 2.55. The van der Waals surface area contributed by atoms with Gasteiger partial charge >= 0.3 is 0 Å². The maximum Gasteiger partial charge on any atom is 0.267 e. The van der Waals surface area contributed by atoms with Crippen molar-refractivity contribution in [2.75, 3.05) is 11.9 Å². The Balaban J connectivity index is 1.80. The van der Waals surface area contributed by atoms with E-state index in [2.05, 4.69) is 10.6 Å². The van der Waals surface area contributed by atoms with E-state index in [1.165, 1.54) is 11.3 Å². The molecule has 1 heterocycles. The Morgan fingerprint density at radius 3 is 2.54 bits per heavy atom. The van der Waals surface area contributed by atoms with Gasteiger partial charge in [0.25, 0.3) is 11.8 Å². The second kappa shape index (κ2) is 8.08. The number of carbonyl (C=O) groups excluding carboxylic acids is 2. The zero-order chi connectivity index (χ0) is 18.7. The predicted octanol–water partition coefficient (Wildman–Crippen LogP) is 5.60. The second-order valence-electron chi connectivity index (χ2n) is 5.65. The van der Waals surface area contributed by atoms with Crippen molar-refractivity contribution in [1.82, 2.24) is 5.32 Å². The lowest BCUT2D eigenvalue weighted by atomic mass is 10.2. The van der Waals surface area contributed by atoms with Crippen molar-refractivity contribution in [2.45, 2.75) is 13.3 Å². The van der Waals surface area contributed by atoms with Crippen LogP contribution in [0.5, 0.6) is 0 Å². The average Bonchev–Trinajstić information content (AvgIpc) is 2.97. The molecule has 0 saturated heterocycles. The number of fused-ring (bicyclic) bond motifs is 1. The molecule has 0 bridgehead atoms. The monoisotopic (exact) mass is 406 g/mol. The number of rotatable bonds is 5. The Hall–Kier alpha value is -2.08. The van der Waals surface area contributed by atoms with Crippen LogP contribution in [0.3, 0.4) is 0 Å². The van der Waals surface area contributed by atoms with E-state index in [1.807, 2.05) is 31.2 Å². The zero-order valence-electron chi connectivity index (χ0n) is 13.9. The van der Waals surface area contributed by atoms with Crippen LogP contribution in [0.15, 0.2) is 42.5 Å². The van der Waals surface area contributed by atoms with Crippen LogP contribution < -0.4 is 10.6 Å². The summed E-state index contributed by atoms with van der Waals surface area (Å²) in [7, 11) is 0. The molecule has 0 fully saturated rings. The van der Waals surface area contributed by atoms with Gasteiger partial charge in [0.15, 0.2) is 0 Å². The van der Waals surface area contributed by atoms with E-state index in [0.717, 1.165) is 16.5 Å². The van der Waals surface area contributed by atoms with Gasteiger partial charge in [-0.2, -0.15) is 0 Å². The summed E-state index contributed by atoms with van der Waals surface area (Å²) in [6.07, 6.45) is 0.841. The number of nitrogens with one attached hydrogen (secondary N) is 2. The van der Waals surface area contributed by atoms with E-state index < -0.39 is 0 Å². The maximum absolute atomic E-state index is 12.6. The molecule has 3 aromatic rings. The van der Waals surface area contributed by atoms with Gasteiger partial charge in [-0.25, -0.2) is 0 Å². The van der Waals surface area contributed by atoms with Crippen LogP contribution in [0.1, 0.15) is 33.4 Å². The van der Waals surface area contributed by atoms with Gasteiger partial charge in [0, 0.05) is 22.3 Å². The van der Waals surface area contributed by atoms with E-state index in [4.69, 9.17) is 23.2 Å². The summed E-state index contributed by atoms with van der Waals surface area (Å²) >= 11 is 13.9. The number of hydrogen-bond donors (Lipinski definition) is 2. The van der Waals surface area contributed by atoms with Crippen molar-refractivity contribution >= 4 is 62.1 Å².